The number of aromatic nitrogens is 2. The molecule has 4 N–H and O–H groups in total. The van der Waals surface area contributed by atoms with Crippen LogP contribution in [0.15, 0.2) is 47.7 Å². The number of halogens is 2. The number of benzene rings is 2. The van der Waals surface area contributed by atoms with Gasteiger partial charge in [-0.25, -0.2) is 13.8 Å². The molecule has 0 spiro atoms. The van der Waals surface area contributed by atoms with Crippen LogP contribution in [0.5, 0.6) is 11.5 Å². The van der Waals surface area contributed by atoms with E-state index >= 15 is 0 Å². The van der Waals surface area contributed by atoms with E-state index in [-0.39, 0.29) is 31.5 Å². The number of hydrogen-bond acceptors (Lipinski definition) is 8. The number of hydrogen-bond donors (Lipinski definition) is 3. The van der Waals surface area contributed by atoms with Crippen LogP contribution in [-0.4, -0.2) is 77.7 Å². The molecule has 0 bridgehead atoms. The molecule has 3 heterocycles. The van der Waals surface area contributed by atoms with Crippen LogP contribution in [0.2, 0.25) is 0 Å². The number of carbonyl (C=O) groups excluding carboxylic acids is 1. The molecule has 0 saturated carbocycles. The third-order valence-corrected chi connectivity index (χ3v) is 7.22. The summed E-state index contributed by atoms with van der Waals surface area (Å²) in [5, 5.41) is 17.1. The Bertz CT molecular complexity index is 1430. The highest BCUT2D eigenvalue weighted by Gasteiger charge is 2.29. The van der Waals surface area contributed by atoms with Crippen molar-refractivity contribution in [3.63, 3.8) is 0 Å². The third-order valence-electron chi connectivity index (χ3n) is 7.22. The first-order chi connectivity index (χ1) is 19.9. The van der Waals surface area contributed by atoms with Crippen molar-refractivity contribution in [1.82, 2.24) is 14.7 Å². The molecule has 1 aromatic heterocycles. The Balaban J connectivity index is 1.47. The lowest BCUT2D eigenvalue weighted by molar-refractivity contribution is -0.118. The second-order valence-corrected chi connectivity index (χ2v) is 9.90. The second kappa shape index (κ2) is 12.5. The van der Waals surface area contributed by atoms with Gasteiger partial charge in [-0.2, -0.15) is 5.10 Å². The van der Waals surface area contributed by atoms with E-state index in [1.54, 1.807) is 12.1 Å². The third kappa shape index (κ3) is 6.25. The predicted molar refractivity (Wildman–Crippen MR) is 150 cm³/mol. The van der Waals surface area contributed by atoms with Gasteiger partial charge in [-0.3, -0.25) is 14.4 Å². The van der Waals surface area contributed by atoms with Gasteiger partial charge in [-0.15, -0.1) is 0 Å². The van der Waals surface area contributed by atoms with E-state index in [4.69, 9.17) is 20.2 Å². The molecule has 3 aromatic rings. The summed E-state index contributed by atoms with van der Waals surface area (Å²) in [4.78, 5) is 19.8. The molecule has 1 atom stereocenters. The van der Waals surface area contributed by atoms with Gasteiger partial charge in [0.2, 0.25) is 5.91 Å². The van der Waals surface area contributed by atoms with Crippen molar-refractivity contribution in [2.75, 3.05) is 50.3 Å². The Morgan fingerprint density at radius 2 is 2.12 bits per heavy atom. The zero-order chi connectivity index (χ0) is 28.9. The van der Waals surface area contributed by atoms with Gasteiger partial charge in [0.05, 0.1) is 44.2 Å². The molecule has 13 heteroatoms. The molecular weight excluding hydrogens is 536 g/mol. The van der Waals surface area contributed by atoms with Gasteiger partial charge in [0.1, 0.15) is 24.7 Å². The Labute approximate surface area is 236 Å². The maximum Gasteiger partial charge on any atom is 0.239 e. The molecule has 1 unspecified atom stereocenters. The smallest absolute Gasteiger partial charge is 0.239 e. The zero-order valence-corrected chi connectivity index (χ0v) is 22.7. The Hall–Kier alpha value is -4.23. The number of ether oxygens (including phenoxy) is 2. The van der Waals surface area contributed by atoms with Gasteiger partial charge in [0.25, 0.3) is 0 Å². The van der Waals surface area contributed by atoms with Gasteiger partial charge in [0, 0.05) is 24.2 Å². The number of nitrogens with zero attached hydrogens (tertiary/aromatic N) is 5. The van der Waals surface area contributed by atoms with Gasteiger partial charge < -0.3 is 30.5 Å². The van der Waals surface area contributed by atoms with E-state index in [0.717, 1.165) is 31.9 Å². The molecule has 218 valence electrons. The van der Waals surface area contributed by atoms with E-state index < -0.39 is 17.5 Å². The Kier molecular flexibility index (Phi) is 8.64. The largest absolute Gasteiger partial charge is 0.493 e. The van der Waals surface area contributed by atoms with Crippen LogP contribution in [0.25, 0.3) is 0 Å². The fourth-order valence-electron chi connectivity index (χ4n) is 5.18. The van der Waals surface area contributed by atoms with Crippen LogP contribution >= 0.6 is 0 Å². The summed E-state index contributed by atoms with van der Waals surface area (Å²) in [6.07, 6.45) is 6.16. The van der Waals surface area contributed by atoms with Crippen molar-refractivity contribution in [2.45, 2.75) is 31.8 Å². The lowest BCUT2D eigenvalue weighted by Gasteiger charge is -2.35. The molecular formula is C28H33F2N7O4. The molecule has 5 rings (SSSR count). The van der Waals surface area contributed by atoms with E-state index in [2.05, 4.69) is 15.3 Å². The fourth-order valence-corrected chi connectivity index (χ4v) is 5.18. The molecule has 0 aliphatic carbocycles. The van der Waals surface area contributed by atoms with Crippen LogP contribution in [-0.2, 0) is 11.3 Å². The maximum absolute atomic E-state index is 14.9. The van der Waals surface area contributed by atoms with Crippen LogP contribution in [0.3, 0.4) is 0 Å². The van der Waals surface area contributed by atoms with Crippen molar-refractivity contribution in [1.29, 1.82) is 0 Å². The Morgan fingerprint density at radius 3 is 2.90 bits per heavy atom. The first-order valence-electron chi connectivity index (χ1n) is 13.4. The molecule has 1 fully saturated rings. The average molecular weight is 570 g/mol. The molecule has 1 saturated heterocycles. The highest BCUT2D eigenvalue weighted by molar-refractivity contribution is 6.16. The van der Waals surface area contributed by atoms with Crippen LogP contribution in [0.1, 0.15) is 24.8 Å². The number of piperidine rings is 1. The number of carbonyl (C=O) groups is 1. The number of fused-ring (bicyclic) bond motifs is 1. The van der Waals surface area contributed by atoms with Crippen molar-refractivity contribution >= 4 is 28.8 Å². The maximum atomic E-state index is 14.9. The van der Waals surface area contributed by atoms with Crippen molar-refractivity contribution < 1.29 is 28.2 Å². The van der Waals surface area contributed by atoms with Gasteiger partial charge in [-0.05, 0) is 37.6 Å². The average Bonchev–Trinajstić information content (AvgIpc) is 3.40. The first-order valence-corrected chi connectivity index (χ1v) is 13.4. The SMILES string of the molecule is COc1cc2c(cc1OCCN1CCCCC1CO)NCN(c1cccc(F)c1F)C2=Nc1cnn(CC(N)=O)c1. The number of amides is 1. The number of methoxy groups -OCH3 is 1. The minimum absolute atomic E-state index is 0.00862. The summed E-state index contributed by atoms with van der Waals surface area (Å²) >= 11 is 0. The van der Waals surface area contributed by atoms with Gasteiger partial charge in [0.15, 0.2) is 23.1 Å². The summed E-state index contributed by atoms with van der Waals surface area (Å²) < 4.78 is 42.3. The Morgan fingerprint density at radius 1 is 1.27 bits per heavy atom. The summed E-state index contributed by atoms with van der Waals surface area (Å²) in [7, 11) is 1.52. The van der Waals surface area contributed by atoms with Crippen molar-refractivity contribution in [3.8, 4) is 11.5 Å². The van der Waals surface area contributed by atoms with E-state index in [1.807, 2.05) is 0 Å². The molecule has 2 aliphatic heterocycles. The number of rotatable bonds is 10. The number of aliphatic hydroxyl groups excluding tert-OH is 1. The second-order valence-electron chi connectivity index (χ2n) is 9.90. The number of anilines is 2. The summed E-state index contributed by atoms with van der Waals surface area (Å²) in [5.41, 5.74) is 6.87. The fraction of sp³-hybridized carbons (Fsp3) is 0.393. The number of nitrogens with one attached hydrogen (secondary N) is 1. The van der Waals surface area contributed by atoms with Crippen molar-refractivity contribution in [2.24, 2.45) is 10.7 Å². The highest BCUT2D eigenvalue weighted by Crippen LogP contribution is 2.38. The lowest BCUT2D eigenvalue weighted by Crippen LogP contribution is -2.43. The molecule has 11 nitrogen and oxygen atoms in total. The standard InChI is InChI=1S/C28H33F2N7O4/c1-40-24-11-20-22(12-25(24)41-10-9-35-8-3-2-5-19(35)16-38)32-17-37(23-7-4-6-21(29)27(23)30)28(20)34-18-13-33-36(14-18)15-26(31)39/h4,6-7,11-14,19,32,38H,2-3,5,8-10,15-17H2,1H3,(H2,31,39). The summed E-state index contributed by atoms with van der Waals surface area (Å²) in [5.74, 6) is -1.31. The van der Waals surface area contributed by atoms with E-state index in [1.165, 1.54) is 41.2 Å². The highest BCUT2D eigenvalue weighted by atomic mass is 19.2. The first kappa shape index (κ1) is 28.3. The lowest BCUT2D eigenvalue weighted by atomic mass is 10.0. The minimum Gasteiger partial charge on any atom is -0.493 e. The number of aliphatic hydroxyl groups is 1. The molecule has 41 heavy (non-hydrogen) atoms. The van der Waals surface area contributed by atoms with Crippen LogP contribution in [0.4, 0.5) is 25.8 Å². The molecule has 0 radical (unpaired) electrons. The van der Waals surface area contributed by atoms with Gasteiger partial charge >= 0.3 is 0 Å². The van der Waals surface area contributed by atoms with E-state index in [0.29, 0.717) is 47.4 Å². The minimum atomic E-state index is -1.01. The number of likely N-dealkylation sites (tertiary alicyclic amines) is 1. The summed E-state index contributed by atoms with van der Waals surface area (Å²) in [6.45, 7) is 2.05. The molecule has 2 aliphatic rings. The number of amidine groups is 1. The van der Waals surface area contributed by atoms with Gasteiger partial charge in [-0.1, -0.05) is 12.5 Å². The summed E-state index contributed by atoms with van der Waals surface area (Å²) in [6, 6.07) is 7.59. The predicted octanol–water partition coefficient (Wildman–Crippen LogP) is 2.85. The number of nitrogens with two attached hydrogens (primary N) is 1. The van der Waals surface area contributed by atoms with E-state index in [9.17, 15) is 18.7 Å². The number of aliphatic imine (C=N–C) groups is 1. The van der Waals surface area contributed by atoms with Crippen molar-refractivity contribution in [3.05, 3.63) is 59.9 Å². The number of primary amides is 1. The molecule has 1 amide bonds. The van der Waals surface area contributed by atoms with Crippen LogP contribution in [0, 0.1) is 11.6 Å². The normalized spacial score (nSPS) is 18.2. The molecule has 2 aromatic carbocycles. The van der Waals surface area contributed by atoms with Crippen LogP contribution < -0.4 is 25.4 Å². The quantitative estimate of drug-likeness (QED) is 0.340. The topological polar surface area (TPSA) is 130 Å². The monoisotopic (exact) mass is 569 g/mol. The zero-order valence-electron chi connectivity index (χ0n) is 22.7.